The van der Waals surface area contributed by atoms with E-state index in [2.05, 4.69) is 16.5 Å². The van der Waals surface area contributed by atoms with Crippen molar-refractivity contribution in [1.29, 1.82) is 0 Å². The Morgan fingerprint density at radius 3 is 3.00 bits per heavy atom. The Morgan fingerprint density at radius 2 is 2.43 bits per heavy atom. The molecule has 1 aromatic rings. The fourth-order valence-electron chi connectivity index (χ4n) is 1.30. The summed E-state index contributed by atoms with van der Waals surface area (Å²) in [5, 5.41) is 1.06. The third kappa shape index (κ3) is 2.20. The van der Waals surface area contributed by atoms with Crippen LogP contribution < -0.4 is 0 Å². The van der Waals surface area contributed by atoms with Crippen LogP contribution >= 0.6 is 35.0 Å². The lowest BCUT2D eigenvalue weighted by Gasteiger charge is -2.03. The van der Waals surface area contributed by atoms with Gasteiger partial charge in [-0.05, 0) is 13.3 Å². The lowest BCUT2D eigenvalue weighted by atomic mass is 10.5. The van der Waals surface area contributed by atoms with Crippen LogP contribution in [0.25, 0.3) is 0 Å². The summed E-state index contributed by atoms with van der Waals surface area (Å²) in [6, 6.07) is 0. The number of rotatable bonds is 4. The zero-order valence-corrected chi connectivity index (χ0v) is 10.2. The number of hydrogen-bond donors (Lipinski definition) is 0. The molecule has 0 bridgehead atoms. The Balaban J connectivity index is 1.87. The predicted octanol–water partition coefficient (Wildman–Crippen LogP) is 3.19. The molecule has 0 saturated heterocycles. The second-order valence-corrected chi connectivity index (χ2v) is 6.00. The monoisotopic (exact) mass is 250 g/mol. The Kier molecular flexibility index (Phi) is 3.01. The molecule has 1 atom stereocenters. The maximum atomic E-state index is 5.95. The van der Waals surface area contributed by atoms with Gasteiger partial charge in [0.05, 0.1) is 0 Å². The molecule has 0 radical (unpaired) electrons. The van der Waals surface area contributed by atoms with Gasteiger partial charge in [0.1, 0.15) is 4.33 Å². The van der Waals surface area contributed by atoms with Gasteiger partial charge in [-0.1, -0.05) is 11.8 Å². The average Bonchev–Trinajstić information content (AvgIpc) is 2.62. The highest BCUT2D eigenvalue weighted by Gasteiger charge is 2.51. The Bertz CT molecular complexity index is 324. The first-order valence-corrected chi connectivity index (χ1v) is 6.39. The molecule has 0 spiro atoms. The summed E-state index contributed by atoms with van der Waals surface area (Å²) in [6.45, 7) is 3.07. The molecule has 2 rings (SSSR count). The van der Waals surface area contributed by atoms with Crippen molar-refractivity contribution in [2.45, 2.75) is 29.4 Å². The molecule has 5 heteroatoms. The van der Waals surface area contributed by atoms with Crippen molar-refractivity contribution < 1.29 is 0 Å². The minimum Gasteiger partial charge on any atom is -0.326 e. The number of hydrogen-bond acceptors (Lipinski definition) is 2. The molecule has 0 unspecified atom stereocenters. The molecule has 1 aliphatic rings. The summed E-state index contributed by atoms with van der Waals surface area (Å²) in [7, 11) is 0. The smallest absolute Gasteiger partial charge is 0.167 e. The Labute approximate surface area is 98.0 Å². The molecule has 1 heterocycles. The van der Waals surface area contributed by atoms with Gasteiger partial charge < -0.3 is 4.57 Å². The van der Waals surface area contributed by atoms with Crippen LogP contribution in [-0.4, -0.2) is 19.6 Å². The van der Waals surface area contributed by atoms with Crippen molar-refractivity contribution in [3.05, 3.63) is 12.4 Å². The van der Waals surface area contributed by atoms with E-state index in [9.17, 15) is 0 Å². The highest BCUT2D eigenvalue weighted by Crippen LogP contribution is 2.54. The molecule has 0 aliphatic heterocycles. The number of imidazole rings is 1. The van der Waals surface area contributed by atoms with Crippen molar-refractivity contribution >= 4 is 35.0 Å². The SMILES string of the molecule is CCn1ccnc1SC[C@@H]1CC1(Cl)Cl. The van der Waals surface area contributed by atoms with Crippen molar-refractivity contribution in [1.82, 2.24) is 9.55 Å². The molecule has 14 heavy (non-hydrogen) atoms. The van der Waals surface area contributed by atoms with Crippen molar-refractivity contribution in [3.63, 3.8) is 0 Å². The van der Waals surface area contributed by atoms with Crippen LogP contribution in [0.3, 0.4) is 0 Å². The molecule has 2 nitrogen and oxygen atoms in total. The van der Waals surface area contributed by atoms with Crippen LogP contribution in [0.4, 0.5) is 0 Å². The maximum Gasteiger partial charge on any atom is 0.167 e. The van der Waals surface area contributed by atoms with Crippen LogP contribution in [0.15, 0.2) is 17.6 Å². The molecule has 0 amide bonds. The van der Waals surface area contributed by atoms with Crippen LogP contribution in [0.1, 0.15) is 13.3 Å². The van der Waals surface area contributed by atoms with E-state index in [1.165, 1.54) is 0 Å². The summed E-state index contributed by atoms with van der Waals surface area (Å²) < 4.78 is 1.66. The van der Waals surface area contributed by atoms with Gasteiger partial charge in [-0.15, -0.1) is 23.2 Å². The van der Waals surface area contributed by atoms with Crippen LogP contribution in [0, 0.1) is 5.92 Å². The quantitative estimate of drug-likeness (QED) is 0.604. The molecule has 78 valence electrons. The Morgan fingerprint density at radius 1 is 1.71 bits per heavy atom. The van der Waals surface area contributed by atoms with Gasteiger partial charge in [-0.25, -0.2) is 4.98 Å². The first-order valence-electron chi connectivity index (χ1n) is 4.65. The van der Waals surface area contributed by atoms with Crippen molar-refractivity contribution in [3.8, 4) is 0 Å². The highest BCUT2D eigenvalue weighted by atomic mass is 35.5. The van der Waals surface area contributed by atoms with Gasteiger partial charge in [0, 0.05) is 30.6 Å². The summed E-state index contributed by atoms with van der Waals surface area (Å²) in [5.74, 6) is 1.39. The van der Waals surface area contributed by atoms with E-state index < -0.39 is 4.33 Å². The summed E-state index contributed by atoms with van der Waals surface area (Å²) in [5.41, 5.74) is 0. The lowest BCUT2D eigenvalue weighted by Crippen LogP contribution is -1.98. The normalized spacial score (nSPS) is 23.8. The predicted molar refractivity (Wildman–Crippen MR) is 61.2 cm³/mol. The first kappa shape index (κ1) is 10.7. The standard InChI is InChI=1S/C9H12Cl2N2S/c1-2-13-4-3-12-8(13)14-6-7-5-9(7,10)11/h3-4,7H,2,5-6H2,1H3/t7-/m0/s1. The highest BCUT2D eigenvalue weighted by molar-refractivity contribution is 7.99. The second-order valence-electron chi connectivity index (χ2n) is 3.47. The van der Waals surface area contributed by atoms with E-state index >= 15 is 0 Å². The van der Waals surface area contributed by atoms with E-state index in [1.807, 2.05) is 12.4 Å². The number of thioether (sulfide) groups is 1. The zero-order valence-electron chi connectivity index (χ0n) is 7.91. The third-order valence-corrected chi connectivity index (χ3v) is 4.48. The number of aromatic nitrogens is 2. The third-order valence-electron chi connectivity index (χ3n) is 2.39. The van der Waals surface area contributed by atoms with Gasteiger partial charge in [0.15, 0.2) is 5.16 Å². The second kappa shape index (κ2) is 3.95. The molecule has 1 fully saturated rings. The van der Waals surface area contributed by atoms with Gasteiger partial charge in [-0.3, -0.25) is 0 Å². The van der Waals surface area contributed by atoms with Crippen LogP contribution in [0.5, 0.6) is 0 Å². The van der Waals surface area contributed by atoms with Gasteiger partial charge in [0.25, 0.3) is 0 Å². The topological polar surface area (TPSA) is 17.8 Å². The molecule has 1 saturated carbocycles. The number of halogens is 2. The van der Waals surface area contributed by atoms with Crippen LogP contribution in [0.2, 0.25) is 0 Å². The van der Waals surface area contributed by atoms with E-state index in [0.29, 0.717) is 5.92 Å². The van der Waals surface area contributed by atoms with E-state index in [4.69, 9.17) is 23.2 Å². The summed E-state index contributed by atoms with van der Waals surface area (Å²) in [6.07, 6.45) is 4.73. The van der Waals surface area contributed by atoms with Gasteiger partial charge in [-0.2, -0.15) is 0 Å². The lowest BCUT2D eigenvalue weighted by molar-refractivity contribution is 0.680. The molecule has 1 aliphatic carbocycles. The average molecular weight is 251 g/mol. The fourth-order valence-corrected chi connectivity index (χ4v) is 3.26. The van der Waals surface area contributed by atoms with E-state index in [1.54, 1.807) is 11.8 Å². The molecule has 1 aromatic heterocycles. The molecular formula is C9H12Cl2N2S. The van der Waals surface area contributed by atoms with E-state index in [-0.39, 0.29) is 0 Å². The van der Waals surface area contributed by atoms with Crippen molar-refractivity contribution in [2.75, 3.05) is 5.75 Å². The maximum absolute atomic E-state index is 5.95. The molecular weight excluding hydrogens is 239 g/mol. The van der Waals surface area contributed by atoms with Gasteiger partial charge in [0.2, 0.25) is 0 Å². The van der Waals surface area contributed by atoms with E-state index in [0.717, 1.165) is 23.9 Å². The summed E-state index contributed by atoms with van der Waals surface area (Å²) in [4.78, 5) is 4.27. The molecule has 0 N–H and O–H groups in total. The minimum absolute atomic E-state index is 0.429. The minimum atomic E-state index is -0.462. The largest absolute Gasteiger partial charge is 0.326 e. The number of nitrogens with zero attached hydrogens (tertiary/aromatic N) is 2. The fraction of sp³-hybridized carbons (Fsp3) is 0.667. The Hall–Kier alpha value is 0.140. The van der Waals surface area contributed by atoms with Crippen LogP contribution in [-0.2, 0) is 6.54 Å². The number of alkyl halides is 2. The summed E-state index contributed by atoms with van der Waals surface area (Å²) >= 11 is 13.6. The van der Waals surface area contributed by atoms with Gasteiger partial charge >= 0.3 is 0 Å². The number of aryl methyl sites for hydroxylation is 1. The zero-order chi connectivity index (χ0) is 10.2. The van der Waals surface area contributed by atoms with Crippen molar-refractivity contribution in [2.24, 2.45) is 5.92 Å². The molecule has 0 aromatic carbocycles. The first-order chi connectivity index (χ1) is 6.63.